The molecule has 1 aliphatic carbocycles. The van der Waals surface area contributed by atoms with Crippen LogP contribution in [0, 0.1) is 11.8 Å². The Morgan fingerprint density at radius 3 is 2.31 bits per heavy atom. The summed E-state index contributed by atoms with van der Waals surface area (Å²) in [5.74, 6) is 0.585. The molecule has 3 aliphatic rings. The Labute approximate surface area is 163 Å². The van der Waals surface area contributed by atoms with E-state index in [1.54, 1.807) is 0 Å². The zero-order valence-electron chi connectivity index (χ0n) is 16.0. The second-order valence-corrected chi connectivity index (χ2v) is 8.26. The van der Waals surface area contributed by atoms with E-state index in [9.17, 15) is 9.59 Å². The number of nitrogens with zero attached hydrogens (tertiary/aromatic N) is 2. The zero-order chi connectivity index (χ0) is 17.8. The number of hydrogen-bond acceptors (Lipinski definition) is 3. The Morgan fingerprint density at radius 1 is 0.962 bits per heavy atom. The van der Waals surface area contributed by atoms with Crippen LogP contribution >= 0.6 is 12.4 Å². The first-order valence-electron chi connectivity index (χ1n) is 10.1. The van der Waals surface area contributed by atoms with Crippen molar-refractivity contribution in [2.75, 3.05) is 26.2 Å². The fraction of sp³-hybridized carbons (Fsp3) is 0.895. The van der Waals surface area contributed by atoms with Gasteiger partial charge >= 0.3 is 6.03 Å². The lowest BCUT2D eigenvalue weighted by molar-refractivity contribution is -0.138. The van der Waals surface area contributed by atoms with Gasteiger partial charge in [0.1, 0.15) is 0 Å². The molecule has 3 unspecified atom stereocenters. The number of carbonyl (C=O) groups excluding carboxylic acids is 2. The summed E-state index contributed by atoms with van der Waals surface area (Å²) in [6.07, 6.45) is 8.56. The van der Waals surface area contributed by atoms with Gasteiger partial charge in [-0.15, -0.1) is 12.4 Å². The Hall–Kier alpha value is -1.01. The number of rotatable bonds is 3. The van der Waals surface area contributed by atoms with Crippen LogP contribution in [0.4, 0.5) is 4.79 Å². The molecule has 3 fully saturated rings. The Balaban J connectivity index is 0.00000243. The van der Waals surface area contributed by atoms with Crippen molar-refractivity contribution in [3.63, 3.8) is 0 Å². The van der Waals surface area contributed by atoms with E-state index < -0.39 is 0 Å². The van der Waals surface area contributed by atoms with Gasteiger partial charge in [-0.05, 0) is 51.4 Å². The van der Waals surface area contributed by atoms with Crippen LogP contribution in [0.5, 0.6) is 0 Å². The van der Waals surface area contributed by atoms with Gasteiger partial charge in [0, 0.05) is 38.3 Å². The van der Waals surface area contributed by atoms with E-state index in [1.807, 2.05) is 16.7 Å². The monoisotopic (exact) mass is 386 g/mol. The van der Waals surface area contributed by atoms with E-state index in [4.69, 9.17) is 5.73 Å². The Morgan fingerprint density at radius 2 is 1.62 bits per heavy atom. The highest BCUT2D eigenvalue weighted by atomic mass is 35.5. The molecule has 1 saturated carbocycles. The fourth-order valence-corrected chi connectivity index (χ4v) is 4.60. The van der Waals surface area contributed by atoms with Crippen molar-refractivity contribution in [3.05, 3.63) is 0 Å². The smallest absolute Gasteiger partial charge is 0.317 e. The van der Waals surface area contributed by atoms with Gasteiger partial charge in [0.2, 0.25) is 5.91 Å². The highest BCUT2D eigenvalue weighted by Gasteiger charge is 2.34. The average Bonchev–Trinajstić information content (AvgIpc) is 3.14. The van der Waals surface area contributed by atoms with Gasteiger partial charge in [-0.3, -0.25) is 4.79 Å². The first kappa shape index (κ1) is 21.3. The van der Waals surface area contributed by atoms with Crippen LogP contribution in [0.1, 0.15) is 58.3 Å². The van der Waals surface area contributed by atoms with Gasteiger partial charge in [0.05, 0.1) is 5.92 Å². The summed E-state index contributed by atoms with van der Waals surface area (Å²) in [5, 5.41) is 3.16. The van der Waals surface area contributed by atoms with Crippen molar-refractivity contribution in [1.82, 2.24) is 15.1 Å². The van der Waals surface area contributed by atoms with E-state index in [0.717, 1.165) is 58.2 Å². The Kier molecular flexibility index (Phi) is 8.02. The molecule has 0 radical (unpaired) electrons. The van der Waals surface area contributed by atoms with Crippen molar-refractivity contribution in [2.24, 2.45) is 17.6 Å². The molecule has 3 amide bonds. The van der Waals surface area contributed by atoms with E-state index in [0.29, 0.717) is 18.5 Å². The maximum Gasteiger partial charge on any atom is 0.317 e. The molecule has 0 aromatic rings. The number of nitrogens with two attached hydrogens (primary N) is 1. The van der Waals surface area contributed by atoms with Crippen LogP contribution < -0.4 is 11.1 Å². The highest BCUT2D eigenvalue weighted by Crippen LogP contribution is 2.25. The zero-order valence-corrected chi connectivity index (χ0v) is 16.8. The summed E-state index contributed by atoms with van der Waals surface area (Å²) in [6.45, 7) is 4.99. The second-order valence-electron chi connectivity index (χ2n) is 8.26. The van der Waals surface area contributed by atoms with E-state index >= 15 is 0 Å². The standard InChI is InChI=1S/C19H34N4O2.ClH/c1-14(20)15-6-4-10-22(12-15)18(24)16-7-5-11-23(13-16)19(25)21-17-8-2-3-9-17;/h14-17H,2-13,20H2,1H3,(H,21,25);1H. The third-order valence-electron chi connectivity index (χ3n) is 6.25. The summed E-state index contributed by atoms with van der Waals surface area (Å²) < 4.78 is 0. The molecule has 26 heavy (non-hydrogen) atoms. The van der Waals surface area contributed by atoms with E-state index in [2.05, 4.69) is 5.32 Å². The summed E-state index contributed by atoms with van der Waals surface area (Å²) >= 11 is 0. The number of amides is 3. The van der Waals surface area contributed by atoms with Gasteiger partial charge in [-0.2, -0.15) is 0 Å². The second kappa shape index (κ2) is 9.79. The van der Waals surface area contributed by atoms with Crippen molar-refractivity contribution in [2.45, 2.75) is 70.4 Å². The molecule has 0 bridgehead atoms. The largest absolute Gasteiger partial charge is 0.342 e. The molecular formula is C19H35ClN4O2. The predicted molar refractivity (Wildman–Crippen MR) is 105 cm³/mol. The van der Waals surface area contributed by atoms with Gasteiger partial charge < -0.3 is 20.9 Å². The van der Waals surface area contributed by atoms with Gasteiger partial charge in [0.25, 0.3) is 0 Å². The van der Waals surface area contributed by atoms with Crippen LogP contribution in [0.25, 0.3) is 0 Å². The van der Waals surface area contributed by atoms with Crippen molar-refractivity contribution in [1.29, 1.82) is 0 Å². The third kappa shape index (κ3) is 5.26. The maximum absolute atomic E-state index is 13.0. The van der Waals surface area contributed by atoms with Crippen molar-refractivity contribution < 1.29 is 9.59 Å². The molecule has 0 spiro atoms. The van der Waals surface area contributed by atoms with Crippen LogP contribution in [0.15, 0.2) is 0 Å². The SMILES string of the molecule is CC(N)C1CCCN(C(=O)C2CCCN(C(=O)NC3CCCC3)C2)C1.Cl. The molecular weight excluding hydrogens is 352 g/mol. The number of piperidine rings is 2. The highest BCUT2D eigenvalue weighted by molar-refractivity contribution is 5.85. The lowest BCUT2D eigenvalue weighted by Gasteiger charge is -2.39. The molecule has 3 rings (SSSR count). The topological polar surface area (TPSA) is 78.7 Å². The van der Waals surface area contributed by atoms with Crippen molar-refractivity contribution in [3.8, 4) is 0 Å². The average molecular weight is 387 g/mol. The van der Waals surface area contributed by atoms with Crippen LogP contribution in [0.3, 0.4) is 0 Å². The summed E-state index contributed by atoms with van der Waals surface area (Å²) in [6, 6.07) is 0.490. The first-order valence-corrected chi connectivity index (χ1v) is 10.1. The number of hydrogen-bond donors (Lipinski definition) is 2. The van der Waals surface area contributed by atoms with E-state index in [-0.39, 0.29) is 36.3 Å². The molecule has 6 nitrogen and oxygen atoms in total. The lowest BCUT2D eigenvalue weighted by atomic mass is 9.90. The molecule has 7 heteroatoms. The third-order valence-corrected chi connectivity index (χ3v) is 6.25. The predicted octanol–water partition coefficient (Wildman–Crippen LogP) is 2.36. The minimum absolute atomic E-state index is 0. The first-order chi connectivity index (χ1) is 12.0. The molecule has 2 aliphatic heterocycles. The summed E-state index contributed by atoms with van der Waals surface area (Å²) in [4.78, 5) is 29.3. The molecule has 2 saturated heterocycles. The van der Waals surface area contributed by atoms with Crippen LogP contribution in [0.2, 0.25) is 0 Å². The van der Waals surface area contributed by atoms with Crippen LogP contribution in [-0.2, 0) is 4.79 Å². The fourth-order valence-electron chi connectivity index (χ4n) is 4.60. The molecule has 0 aromatic heterocycles. The number of urea groups is 1. The number of likely N-dealkylation sites (tertiary alicyclic amines) is 2. The van der Waals surface area contributed by atoms with Gasteiger partial charge in [-0.25, -0.2) is 4.79 Å². The maximum atomic E-state index is 13.0. The lowest BCUT2D eigenvalue weighted by Crippen LogP contribution is -2.53. The normalized spacial score (nSPS) is 28.4. The minimum Gasteiger partial charge on any atom is -0.342 e. The number of carbonyl (C=O) groups is 2. The van der Waals surface area contributed by atoms with Gasteiger partial charge in [0.15, 0.2) is 0 Å². The summed E-state index contributed by atoms with van der Waals surface area (Å²) in [7, 11) is 0. The van der Waals surface area contributed by atoms with Crippen LogP contribution in [-0.4, -0.2) is 60.0 Å². The Bertz CT molecular complexity index is 482. The number of halogens is 1. The van der Waals surface area contributed by atoms with E-state index in [1.165, 1.54) is 12.8 Å². The molecule has 3 N–H and O–H groups in total. The number of nitrogens with one attached hydrogen (secondary N) is 1. The minimum atomic E-state index is -0.0464. The molecule has 0 aromatic carbocycles. The van der Waals surface area contributed by atoms with Gasteiger partial charge in [-0.1, -0.05) is 12.8 Å². The quantitative estimate of drug-likeness (QED) is 0.781. The molecule has 2 heterocycles. The molecule has 3 atom stereocenters. The van der Waals surface area contributed by atoms with Crippen molar-refractivity contribution >= 4 is 24.3 Å². The summed E-state index contributed by atoms with van der Waals surface area (Å²) in [5.41, 5.74) is 6.05. The molecule has 150 valence electrons.